The minimum atomic E-state index is 0.0446. The van der Waals surface area contributed by atoms with Crippen LogP contribution >= 0.6 is 11.6 Å². The summed E-state index contributed by atoms with van der Waals surface area (Å²) < 4.78 is 0. The Balaban J connectivity index is 1.53. The van der Waals surface area contributed by atoms with Crippen molar-refractivity contribution in [3.8, 4) is 5.75 Å². The van der Waals surface area contributed by atoms with Crippen molar-refractivity contribution >= 4 is 35.1 Å². The van der Waals surface area contributed by atoms with Gasteiger partial charge in [0.15, 0.2) is 0 Å². The highest BCUT2D eigenvalue weighted by molar-refractivity contribution is 6.32. The van der Waals surface area contributed by atoms with E-state index in [2.05, 4.69) is 42.8 Å². The molecule has 2 heterocycles. The second kappa shape index (κ2) is 10.3. The van der Waals surface area contributed by atoms with Crippen LogP contribution in [-0.2, 0) is 0 Å². The number of nitrogens with one attached hydrogen (secondary N) is 3. The van der Waals surface area contributed by atoms with Gasteiger partial charge in [-0.1, -0.05) is 37.3 Å². The number of aromatic hydroxyl groups is 1. The summed E-state index contributed by atoms with van der Waals surface area (Å²) in [5, 5.41) is 20.2. The molecule has 1 aliphatic carbocycles. The molecule has 4 N–H and O–H groups in total. The summed E-state index contributed by atoms with van der Waals surface area (Å²) >= 11 is 6.06. The van der Waals surface area contributed by atoms with Gasteiger partial charge in [-0.3, -0.25) is 0 Å². The van der Waals surface area contributed by atoms with Gasteiger partial charge in [0.25, 0.3) is 0 Å². The number of likely N-dealkylation sites (tertiary alicyclic amines) is 1. The number of benzene rings is 1. The zero-order chi connectivity index (χ0) is 21.6. The van der Waals surface area contributed by atoms with E-state index in [1.54, 1.807) is 18.2 Å². The average Bonchev–Trinajstić information content (AvgIpc) is 3.01. The summed E-state index contributed by atoms with van der Waals surface area (Å²) in [6.07, 6.45) is 9.47. The quantitative estimate of drug-likeness (QED) is 0.378. The van der Waals surface area contributed by atoms with Crippen LogP contribution in [0.1, 0.15) is 51.4 Å². The van der Waals surface area contributed by atoms with Gasteiger partial charge >= 0.3 is 0 Å². The molecule has 0 spiro atoms. The zero-order valence-electron chi connectivity index (χ0n) is 18.1. The SMILES string of the molecule is CN1CCC(Nc2nc(Nc3ccc(O)c(Cl)c3)nc(NC3CCCCCC3)n2)CC1. The Morgan fingerprint density at radius 2 is 1.45 bits per heavy atom. The van der Waals surface area contributed by atoms with Crippen LogP contribution in [0, 0.1) is 0 Å². The van der Waals surface area contributed by atoms with Crippen LogP contribution in [0.15, 0.2) is 18.2 Å². The molecule has 1 saturated carbocycles. The maximum Gasteiger partial charge on any atom is 0.233 e. The van der Waals surface area contributed by atoms with Crippen molar-refractivity contribution < 1.29 is 5.11 Å². The molecule has 0 amide bonds. The molecule has 1 aromatic heterocycles. The van der Waals surface area contributed by atoms with Crippen molar-refractivity contribution in [3.63, 3.8) is 0 Å². The van der Waals surface area contributed by atoms with E-state index in [9.17, 15) is 5.11 Å². The third-order valence-electron chi connectivity index (χ3n) is 6.08. The lowest BCUT2D eigenvalue weighted by molar-refractivity contribution is 0.263. The monoisotopic (exact) mass is 445 g/mol. The van der Waals surface area contributed by atoms with E-state index in [0.717, 1.165) is 38.8 Å². The molecule has 1 aliphatic heterocycles. The van der Waals surface area contributed by atoms with E-state index >= 15 is 0 Å². The summed E-state index contributed by atoms with van der Waals surface area (Å²) in [5.41, 5.74) is 0.708. The highest BCUT2D eigenvalue weighted by atomic mass is 35.5. The number of halogens is 1. The molecule has 1 aromatic carbocycles. The first-order chi connectivity index (χ1) is 15.0. The summed E-state index contributed by atoms with van der Waals surface area (Å²) in [7, 11) is 2.15. The number of anilines is 4. The highest BCUT2D eigenvalue weighted by Crippen LogP contribution is 2.28. The lowest BCUT2D eigenvalue weighted by Gasteiger charge is -2.29. The predicted octanol–water partition coefficient (Wildman–Crippen LogP) is 4.62. The van der Waals surface area contributed by atoms with Crippen LogP contribution in [0.4, 0.5) is 23.5 Å². The Hall–Kier alpha value is -2.32. The number of hydrogen-bond donors (Lipinski definition) is 4. The zero-order valence-corrected chi connectivity index (χ0v) is 18.8. The van der Waals surface area contributed by atoms with Gasteiger partial charge in [0, 0.05) is 17.8 Å². The minimum Gasteiger partial charge on any atom is -0.506 e. The van der Waals surface area contributed by atoms with Gasteiger partial charge in [-0.15, -0.1) is 0 Å². The van der Waals surface area contributed by atoms with Gasteiger partial charge in [0.2, 0.25) is 17.8 Å². The van der Waals surface area contributed by atoms with Crippen molar-refractivity contribution in [2.24, 2.45) is 0 Å². The Labute approximate surface area is 188 Å². The first kappa shape index (κ1) is 21.9. The fourth-order valence-corrected chi connectivity index (χ4v) is 4.40. The molecule has 0 atom stereocenters. The molecule has 1 saturated heterocycles. The van der Waals surface area contributed by atoms with Crippen LogP contribution in [0.5, 0.6) is 5.75 Å². The molecule has 31 heavy (non-hydrogen) atoms. The van der Waals surface area contributed by atoms with E-state index in [-0.39, 0.29) is 10.8 Å². The van der Waals surface area contributed by atoms with Gasteiger partial charge in [-0.25, -0.2) is 0 Å². The Morgan fingerprint density at radius 3 is 2.06 bits per heavy atom. The van der Waals surface area contributed by atoms with Crippen molar-refractivity contribution in [2.75, 3.05) is 36.1 Å². The third kappa shape index (κ3) is 6.33. The molecule has 2 fully saturated rings. The molecule has 0 unspecified atom stereocenters. The molecule has 9 heteroatoms. The van der Waals surface area contributed by atoms with Gasteiger partial charge in [0.1, 0.15) is 5.75 Å². The second-order valence-electron chi connectivity index (χ2n) is 8.65. The first-order valence-electron chi connectivity index (χ1n) is 11.3. The third-order valence-corrected chi connectivity index (χ3v) is 6.38. The molecular formula is C22H32ClN7O. The van der Waals surface area contributed by atoms with Crippen molar-refractivity contribution in [1.82, 2.24) is 19.9 Å². The smallest absolute Gasteiger partial charge is 0.233 e. The lowest BCUT2D eigenvalue weighted by Crippen LogP contribution is -2.37. The van der Waals surface area contributed by atoms with Gasteiger partial charge < -0.3 is 26.0 Å². The largest absolute Gasteiger partial charge is 0.506 e. The minimum absolute atomic E-state index is 0.0446. The maximum atomic E-state index is 9.68. The first-order valence-corrected chi connectivity index (χ1v) is 11.7. The fraction of sp³-hybridized carbons (Fsp3) is 0.591. The standard InChI is InChI=1S/C22H32ClN7O/c1-30-12-10-16(11-13-30)25-21-27-20(24-15-6-4-2-3-5-7-15)28-22(29-21)26-17-8-9-19(31)18(23)14-17/h8-9,14-16,31H,2-7,10-13H2,1H3,(H3,24,25,26,27,28,29). The van der Waals surface area contributed by atoms with Gasteiger partial charge in [0.05, 0.1) is 5.02 Å². The van der Waals surface area contributed by atoms with Crippen molar-refractivity contribution in [2.45, 2.75) is 63.5 Å². The summed E-state index contributed by atoms with van der Waals surface area (Å²) in [6, 6.07) is 5.68. The summed E-state index contributed by atoms with van der Waals surface area (Å²) in [5.74, 6) is 1.66. The van der Waals surface area contributed by atoms with E-state index in [4.69, 9.17) is 11.6 Å². The highest BCUT2D eigenvalue weighted by Gasteiger charge is 2.19. The number of piperidine rings is 1. The molecule has 4 rings (SSSR count). The number of rotatable bonds is 6. The van der Waals surface area contributed by atoms with E-state index < -0.39 is 0 Å². The fourth-order valence-electron chi connectivity index (χ4n) is 4.22. The predicted molar refractivity (Wildman–Crippen MR) is 125 cm³/mol. The Bertz CT molecular complexity index is 865. The Kier molecular flexibility index (Phi) is 7.29. The van der Waals surface area contributed by atoms with Crippen molar-refractivity contribution in [3.05, 3.63) is 23.2 Å². The van der Waals surface area contributed by atoms with Crippen LogP contribution in [-0.4, -0.2) is 57.2 Å². The topological polar surface area (TPSA) is 98.2 Å². The summed E-state index contributed by atoms with van der Waals surface area (Å²) in [6.45, 7) is 2.13. The number of hydrogen-bond acceptors (Lipinski definition) is 8. The average molecular weight is 446 g/mol. The van der Waals surface area contributed by atoms with Crippen LogP contribution < -0.4 is 16.0 Å². The lowest BCUT2D eigenvalue weighted by atomic mass is 10.1. The number of aromatic nitrogens is 3. The number of phenolic OH excluding ortho intramolecular Hbond substituents is 1. The van der Waals surface area contributed by atoms with Gasteiger partial charge in [-0.2, -0.15) is 15.0 Å². The summed E-state index contributed by atoms with van der Waals surface area (Å²) in [4.78, 5) is 16.2. The molecule has 8 nitrogen and oxygen atoms in total. The number of phenols is 1. The van der Waals surface area contributed by atoms with Crippen LogP contribution in [0.25, 0.3) is 0 Å². The Morgan fingerprint density at radius 1 is 0.871 bits per heavy atom. The molecule has 2 aromatic rings. The molecule has 0 radical (unpaired) electrons. The molecular weight excluding hydrogens is 414 g/mol. The van der Waals surface area contributed by atoms with Gasteiger partial charge in [-0.05, 0) is 64.0 Å². The van der Waals surface area contributed by atoms with Crippen LogP contribution in [0.3, 0.4) is 0 Å². The second-order valence-corrected chi connectivity index (χ2v) is 9.06. The number of nitrogens with zero attached hydrogens (tertiary/aromatic N) is 4. The van der Waals surface area contributed by atoms with Crippen LogP contribution in [0.2, 0.25) is 5.02 Å². The normalized spacial score (nSPS) is 19.0. The maximum absolute atomic E-state index is 9.68. The van der Waals surface area contributed by atoms with E-state index in [1.807, 2.05) is 0 Å². The molecule has 2 aliphatic rings. The van der Waals surface area contributed by atoms with E-state index in [0.29, 0.717) is 35.6 Å². The van der Waals surface area contributed by atoms with E-state index in [1.165, 1.54) is 25.7 Å². The molecule has 168 valence electrons. The molecule has 0 bridgehead atoms. The van der Waals surface area contributed by atoms with Crippen molar-refractivity contribution in [1.29, 1.82) is 0 Å².